The van der Waals surface area contributed by atoms with Crippen molar-refractivity contribution in [3.63, 3.8) is 0 Å². The van der Waals surface area contributed by atoms with Gasteiger partial charge in [0.15, 0.2) is 0 Å². The Morgan fingerprint density at radius 3 is 2.72 bits per heavy atom. The summed E-state index contributed by atoms with van der Waals surface area (Å²) in [5.74, 6) is 0. The maximum atomic E-state index is 12.2. The van der Waals surface area contributed by atoms with E-state index in [1.165, 1.54) is 12.8 Å². The summed E-state index contributed by atoms with van der Waals surface area (Å²) in [4.78, 5) is 15.9. The summed E-state index contributed by atoms with van der Waals surface area (Å²) in [6.07, 6.45) is 3.44. The van der Waals surface area contributed by atoms with Gasteiger partial charge in [0, 0.05) is 19.6 Å². The van der Waals surface area contributed by atoms with Crippen molar-refractivity contribution in [2.75, 3.05) is 30.3 Å². The first-order chi connectivity index (χ1) is 8.74. The third-order valence-electron chi connectivity index (χ3n) is 3.35. The number of unbranched alkanes of at least 4 members (excludes halogenated alkanes) is 2. The Kier molecular flexibility index (Phi) is 4.07. The standard InChI is InChI=1S/C14H21N3O/c1-2-3-6-9-16-10-11-17(14(16)18)13-8-5-4-7-12(13)15/h4-5,7-8H,2-3,6,9-11,15H2,1H3. The van der Waals surface area contributed by atoms with Crippen molar-refractivity contribution in [3.8, 4) is 0 Å². The molecule has 1 fully saturated rings. The SMILES string of the molecule is CCCCCN1CCN(c2ccccc2N)C1=O. The van der Waals surface area contributed by atoms with E-state index in [0.29, 0.717) is 5.69 Å². The summed E-state index contributed by atoms with van der Waals surface area (Å²) in [7, 11) is 0. The van der Waals surface area contributed by atoms with Crippen LogP contribution in [0, 0.1) is 0 Å². The maximum Gasteiger partial charge on any atom is 0.324 e. The zero-order chi connectivity index (χ0) is 13.0. The van der Waals surface area contributed by atoms with Gasteiger partial charge in [0.1, 0.15) is 0 Å². The highest BCUT2D eigenvalue weighted by Gasteiger charge is 2.29. The molecule has 0 unspecified atom stereocenters. The predicted molar refractivity (Wildman–Crippen MR) is 74.7 cm³/mol. The minimum Gasteiger partial charge on any atom is -0.397 e. The molecule has 1 aromatic rings. The number of carbonyl (C=O) groups excluding carboxylic acids is 1. The minimum absolute atomic E-state index is 0.0870. The second kappa shape index (κ2) is 5.76. The van der Waals surface area contributed by atoms with Gasteiger partial charge >= 0.3 is 6.03 Å². The Morgan fingerprint density at radius 1 is 1.22 bits per heavy atom. The number of amides is 2. The number of hydrogen-bond acceptors (Lipinski definition) is 2. The number of nitrogens with two attached hydrogens (primary N) is 1. The van der Waals surface area contributed by atoms with E-state index < -0.39 is 0 Å². The molecule has 0 radical (unpaired) electrons. The molecule has 2 rings (SSSR count). The van der Waals surface area contributed by atoms with Crippen molar-refractivity contribution < 1.29 is 4.79 Å². The first-order valence-electron chi connectivity index (χ1n) is 6.65. The molecular formula is C14H21N3O. The Balaban J connectivity index is 2.01. The Hall–Kier alpha value is -1.71. The molecule has 0 saturated carbocycles. The average Bonchev–Trinajstić information content (AvgIpc) is 2.72. The van der Waals surface area contributed by atoms with E-state index in [-0.39, 0.29) is 6.03 Å². The van der Waals surface area contributed by atoms with Gasteiger partial charge in [-0.3, -0.25) is 4.90 Å². The molecule has 1 aromatic carbocycles. The first kappa shape index (κ1) is 12.7. The number of para-hydroxylation sites is 2. The number of hydrogen-bond donors (Lipinski definition) is 1. The van der Waals surface area contributed by atoms with Gasteiger partial charge in [-0.15, -0.1) is 0 Å². The van der Waals surface area contributed by atoms with Gasteiger partial charge in [-0.1, -0.05) is 31.9 Å². The highest BCUT2D eigenvalue weighted by Crippen LogP contribution is 2.26. The van der Waals surface area contributed by atoms with Crippen LogP contribution in [0.15, 0.2) is 24.3 Å². The Morgan fingerprint density at radius 2 is 2.00 bits per heavy atom. The molecule has 1 saturated heterocycles. The fraction of sp³-hybridized carbons (Fsp3) is 0.500. The van der Waals surface area contributed by atoms with Gasteiger partial charge in [-0.2, -0.15) is 0 Å². The molecule has 18 heavy (non-hydrogen) atoms. The van der Waals surface area contributed by atoms with Gasteiger partial charge in [0.2, 0.25) is 0 Å². The quantitative estimate of drug-likeness (QED) is 0.642. The second-order valence-corrected chi connectivity index (χ2v) is 4.69. The fourth-order valence-electron chi connectivity index (χ4n) is 2.30. The molecule has 2 amide bonds. The fourth-order valence-corrected chi connectivity index (χ4v) is 2.30. The normalized spacial score (nSPS) is 15.5. The molecule has 0 atom stereocenters. The van der Waals surface area contributed by atoms with Crippen LogP contribution in [-0.4, -0.2) is 30.6 Å². The van der Waals surface area contributed by atoms with E-state index in [0.717, 1.165) is 31.7 Å². The summed E-state index contributed by atoms with van der Waals surface area (Å²) in [5.41, 5.74) is 7.42. The zero-order valence-corrected chi connectivity index (χ0v) is 10.9. The summed E-state index contributed by atoms with van der Waals surface area (Å²) in [5, 5.41) is 0. The number of carbonyl (C=O) groups is 1. The smallest absolute Gasteiger partial charge is 0.324 e. The monoisotopic (exact) mass is 247 g/mol. The maximum absolute atomic E-state index is 12.2. The van der Waals surface area contributed by atoms with Crippen molar-refractivity contribution in [1.29, 1.82) is 0 Å². The van der Waals surface area contributed by atoms with Gasteiger partial charge in [-0.25, -0.2) is 4.79 Å². The van der Waals surface area contributed by atoms with Crippen LogP contribution in [0.3, 0.4) is 0 Å². The molecule has 0 bridgehead atoms. The van der Waals surface area contributed by atoms with Crippen molar-refractivity contribution in [2.45, 2.75) is 26.2 Å². The molecule has 2 N–H and O–H groups in total. The topological polar surface area (TPSA) is 49.6 Å². The van der Waals surface area contributed by atoms with Crippen molar-refractivity contribution in [2.24, 2.45) is 0 Å². The number of nitrogen functional groups attached to an aromatic ring is 1. The van der Waals surface area contributed by atoms with Crippen LogP contribution in [0.1, 0.15) is 26.2 Å². The van der Waals surface area contributed by atoms with Gasteiger partial charge < -0.3 is 10.6 Å². The Bertz CT molecular complexity index is 419. The third kappa shape index (κ3) is 2.58. The van der Waals surface area contributed by atoms with Crippen LogP contribution in [0.4, 0.5) is 16.2 Å². The molecule has 98 valence electrons. The van der Waals surface area contributed by atoms with E-state index in [9.17, 15) is 4.79 Å². The van der Waals surface area contributed by atoms with Crippen LogP contribution in [0.2, 0.25) is 0 Å². The van der Waals surface area contributed by atoms with Gasteiger partial charge in [0.05, 0.1) is 11.4 Å². The van der Waals surface area contributed by atoms with Crippen LogP contribution in [0.5, 0.6) is 0 Å². The molecule has 4 nitrogen and oxygen atoms in total. The van der Waals surface area contributed by atoms with E-state index in [1.807, 2.05) is 29.2 Å². The summed E-state index contributed by atoms with van der Waals surface area (Å²) in [6, 6.07) is 7.63. The largest absolute Gasteiger partial charge is 0.397 e. The second-order valence-electron chi connectivity index (χ2n) is 4.69. The lowest BCUT2D eigenvalue weighted by Crippen LogP contribution is -2.32. The molecular weight excluding hydrogens is 226 g/mol. The van der Waals surface area contributed by atoms with Gasteiger partial charge in [-0.05, 0) is 18.6 Å². The first-order valence-corrected chi connectivity index (χ1v) is 6.65. The van der Waals surface area contributed by atoms with E-state index in [1.54, 1.807) is 4.90 Å². The van der Waals surface area contributed by atoms with Gasteiger partial charge in [0.25, 0.3) is 0 Å². The highest BCUT2D eigenvalue weighted by molar-refractivity contribution is 5.97. The molecule has 1 aliphatic heterocycles. The summed E-state index contributed by atoms with van der Waals surface area (Å²) < 4.78 is 0. The zero-order valence-electron chi connectivity index (χ0n) is 10.9. The molecule has 4 heteroatoms. The lowest BCUT2D eigenvalue weighted by atomic mass is 10.2. The average molecular weight is 247 g/mol. The lowest BCUT2D eigenvalue weighted by Gasteiger charge is -2.19. The van der Waals surface area contributed by atoms with Crippen LogP contribution < -0.4 is 10.6 Å². The molecule has 0 aliphatic carbocycles. The number of anilines is 2. The van der Waals surface area contributed by atoms with Crippen LogP contribution in [0.25, 0.3) is 0 Å². The number of benzene rings is 1. The molecule has 0 spiro atoms. The van der Waals surface area contributed by atoms with E-state index in [4.69, 9.17) is 5.73 Å². The summed E-state index contributed by atoms with van der Waals surface area (Å²) in [6.45, 7) is 4.56. The molecule has 0 aromatic heterocycles. The van der Waals surface area contributed by atoms with Crippen LogP contribution in [-0.2, 0) is 0 Å². The number of rotatable bonds is 5. The van der Waals surface area contributed by atoms with Crippen molar-refractivity contribution in [3.05, 3.63) is 24.3 Å². The number of urea groups is 1. The minimum atomic E-state index is 0.0870. The van der Waals surface area contributed by atoms with Crippen molar-refractivity contribution in [1.82, 2.24) is 4.90 Å². The molecule has 1 heterocycles. The third-order valence-corrected chi connectivity index (χ3v) is 3.35. The predicted octanol–water partition coefficient (Wildman–Crippen LogP) is 2.70. The lowest BCUT2D eigenvalue weighted by molar-refractivity contribution is 0.219. The molecule has 1 aliphatic rings. The van der Waals surface area contributed by atoms with Crippen LogP contribution >= 0.6 is 0 Å². The van der Waals surface area contributed by atoms with Crippen molar-refractivity contribution >= 4 is 17.4 Å². The summed E-state index contributed by atoms with van der Waals surface area (Å²) >= 11 is 0. The number of nitrogens with zero attached hydrogens (tertiary/aromatic N) is 2. The Labute approximate surface area is 108 Å². The highest BCUT2D eigenvalue weighted by atomic mass is 16.2. The van der Waals surface area contributed by atoms with E-state index in [2.05, 4.69) is 6.92 Å². The van der Waals surface area contributed by atoms with E-state index >= 15 is 0 Å².